The number of ether oxygens (including phenoxy) is 1. The van der Waals surface area contributed by atoms with Gasteiger partial charge in [0.1, 0.15) is 22.8 Å². The number of phenols is 2. The zero-order chi connectivity index (χ0) is 18.2. The number of nitrogens with two attached hydrogens (primary N) is 1. The van der Waals surface area contributed by atoms with Gasteiger partial charge in [-0.25, -0.2) is 5.48 Å². The van der Waals surface area contributed by atoms with Crippen LogP contribution in [0.2, 0.25) is 0 Å². The summed E-state index contributed by atoms with van der Waals surface area (Å²) < 4.78 is 5.43. The molecule has 0 radical (unpaired) electrons. The van der Waals surface area contributed by atoms with Gasteiger partial charge in [0.05, 0.1) is 18.2 Å². The molecule has 7 N–H and O–H groups in total. The predicted octanol–water partition coefficient (Wildman–Crippen LogP) is 1.20. The Hall–Kier alpha value is -3.23. The number of hydroxylamine groups is 1. The summed E-state index contributed by atoms with van der Waals surface area (Å²) in [5.74, 6) is -1.66. The van der Waals surface area contributed by atoms with Crippen molar-refractivity contribution in [1.82, 2.24) is 5.48 Å². The van der Waals surface area contributed by atoms with E-state index >= 15 is 0 Å². The Morgan fingerprint density at radius 2 is 1.96 bits per heavy atom. The van der Waals surface area contributed by atoms with Gasteiger partial charge in [0.2, 0.25) is 5.91 Å². The average molecular weight is 344 g/mol. The average Bonchev–Trinajstić information content (AvgIpc) is 2.55. The lowest BCUT2D eigenvalue weighted by atomic mass is 9.78. The number of aliphatic hydroxyl groups is 1. The minimum absolute atomic E-state index is 0.0241. The van der Waals surface area contributed by atoms with Crippen molar-refractivity contribution >= 4 is 17.2 Å². The van der Waals surface area contributed by atoms with E-state index in [1.54, 1.807) is 24.3 Å². The zero-order valence-corrected chi connectivity index (χ0v) is 12.9. The highest BCUT2D eigenvalue weighted by Gasteiger charge is 2.45. The number of phenolic OH excluding ortho intramolecular Hbond substituents is 2. The van der Waals surface area contributed by atoms with Crippen molar-refractivity contribution in [2.24, 2.45) is 0 Å². The second kappa shape index (κ2) is 6.00. The van der Waals surface area contributed by atoms with E-state index < -0.39 is 23.7 Å². The highest BCUT2D eigenvalue weighted by atomic mass is 16.5. The summed E-state index contributed by atoms with van der Waals surface area (Å²) in [5, 5.41) is 40.0. The normalized spacial score (nSPS) is 18.7. The first kappa shape index (κ1) is 16.6. The van der Waals surface area contributed by atoms with Crippen molar-refractivity contribution < 1.29 is 30.1 Å². The molecule has 1 aliphatic rings. The molecule has 0 spiro atoms. The highest BCUT2D eigenvalue weighted by Crippen LogP contribution is 2.51. The molecule has 25 heavy (non-hydrogen) atoms. The quantitative estimate of drug-likeness (QED) is 0.279. The van der Waals surface area contributed by atoms with Crippen molar-refractivity contribution in [2.45, 2.75) is 12.0 Å². The van der Waals surface area contributed by atoms with Gasteiger partial charge < -0.3 is 25.8 Å². The van der Waals surface area contributed by atoms with Crippen LogP contribution < -0.4 is 16.0 Å². The largest absolute Gasteiger partial charge is 0.508 e. The van der Waals surface area contributed by atoms with E-state index in [-0.39, 0.29) is 22.6 Å². The van der Waals surface area contributed by atoms with Crippen LogP contribution in [0.25, 0.3) is 5.57 Å². The maximum atomic E-state index is 11.8. The summed E-state index contributed by atoms with van der Waals surface area (Å²) in [7, 11) is 0. The summed E-state index contributed by atoms with van der Waals surface area (Å²) in [6.07, 6.45) is 0.579. The SMILES string of the molecule is Nc1ccccc1C1=COc2cc(O)cc(O)c2C1(O)CC(=O)NO. The lowest BCUT2D eigenvalue weighted by molar-refractivity contribution is -0.133. The molecule has 2 aromatic rings. The van der Waals surface area contributed by atoms with Crippen LogP contribution in [0.3, 0.4) is 0 Å². The molecule has 0 aliphatic carbocycles. The van der Waals surface area contributed by atoms with Gasteiger partial charge in [0.15, 0.2) is 0 Å². The highest BCUT2D eigenvalue weighted by molar-refractivity contribution is 5.88. The summed E-state index contributed by atoms with van der Waals surface area (Å²) in [4.78, 5) is 11.8. The molecule has 0 saturated heterocycles. The number of rotatable bonds is 3. The lowest BCUT2D eigenvalue weighted by Gasteiger charge is -2.35. The fraction of sp³-hybridized carbons (Fsp3) is 0.118. The standard InChI is InChI=1S/C17H16N2O6/c18-12-4-2-1-3-10(12)11-8-25-14-6-9(20)5-13(21)16(14)17(11,23)7-15(22)19-24/h1-6,8,20-21,23-24H,7,18H2,(H,19,22). The number of nitrogen functional groups attached to an aromatic ring is 1. The number of anilines is 1. The van der Waals surface area contributed by atoms with Gasteiger partial charge in [-0.2, -0.15) is 0 Å². The first-order chi connectivity index (χ1) is 11.9. The lowest BCUT2D eigenvalue weighted by Crippen LogP contribution is -2.37. The molecule has 8 nitrogen and oxygen atoms in total. The molecular weight excluding hydrogens is 328 g/mol. The number of carbonyl (C=O) groups is 1. The molecule has 1 amide bonds. The molecule has 0 aromatic heterocycles. The Balaban J connectivity index is 2.24. The van der Waals surface area contributed by atoms with Crippen LogP contribution in [0.1, 0.15) is 17.5 Å². The number of nitrogens with one attached hydrogen (secondary N) is 1. The molecule has 3 rings (SSSR count). The Morgan fingerprint density at radius 3 is 2.64 bits per heavy atom. The third-order valence-corrected chi connectivity index (χ3v) is 4.02. The number of aromatic hydroxyl groups is 2. The smallest absolute Gasteiger partial charge is 0.246 e. The van der Waals surface area contributed by atoms with Gasteiger partial charge in [-0.15, -0.1) is 0 Å². The van der Waals surface area contributed by atoms with Crippen LogP contribution in [-0.4, -0.2) is 26.4 Å². The molecule has 1 unspecified atom stereocenters. The Labute approximate surface area is 142 Å². The van der Waals surface area contributed by atoms with Gasteiger partial charge >= 0.3 is 0 Å². The number of fused-ring (bicyclic) bond motifs is 1. The Bertz CT molecular complexity index is 879. The minimum atomic E-state index is -2.05. The second-order valence-electron chi connectivity index (χ2n) is 5.65. The molecule has 1 heterocycles. The second-order valence-corrected chi connectivity index (χ2v) is 5.65. The number of hydrogen-bond donors (Lipinski definition) is 6. The number of benzene rings is 2. The third-order valence-electron chi connectivity index (χ3n) is 4.02. The predicted molar refractivity (Wildman–Crippen MR) is 87.7 cm³/mol. The fourth-order valence-electron chi connectivity index (χ4n) is 2.93. The minimum Gasteiger partial charge on any atom is -0.508 e. The van der Waals surface area contributed by atoms with Crippen molar-refractivity contribution in [3.05, 3.63) is 53.8 Å². The van der Waals surface area contributed by atoms with E-state index in [9.17, 15) is 20.1 Å². The van der Waals surface area contributed by atoms with E-state index in [0.29, 0.717) is 11.3 Å². The van der Waals surface area contributed by atoms with Gasteiger partial charge in [-0.1, -0.05) is 18.2 Å². The van der Waals surface area contributed by atoms with Gasteiger partial charge in [0, 0.05) is 29.0 Å². The van der Waals surface area contributed by atoms with E-state index in [1.165, 1.54) is 17.8 Å². The van der Waals surface area contributed by atoms with Crippen LogP contribution in [0, 0.1) is 0 Å². The first-order valence-electron chi connectivity index (χ1n) is 7.30. The maximum absolute atomic E-state index is 11.8. The first-order valence-corrected chi connectivity index (χ1v) is 7.30. The molecule has 0 saturated carbocycles. The van der Waals surface area contributed by atoms with Crippen LogP contribution in [0.4, 0.5) is 5.69 Å². The molecule has 2 aromatic carbocycles. The summed E-state index contributed by atoms with van der Waals surface area (Å²) >= 11 is 0. The van der Waals surface area contributed by atoms with Crippen molar-refractivity contribution in [2.75, 3.05) is 5.73 Å². The molecule has 0 bridgehead atoms. The number of amides is 1. The third kappa shape index (κ3) is 2.73. The summed E-state index contributed by atoms with van der Waals surface area (Å²) in [5.41, 5.74) is 6.10. The molecular formula is C17H16N2O6. The van der Waals surface area contributed by atoms with E-state index in [2.05, 4.69) is 0 Å². The Kier molecular flexibility index (Phi) is 3.99. The van der Waals surface area contributed by atoms with Crippen molar-refractivity contribution in [3.8, 4) is 17.2 Å². The monoisotopic (exact) mass is 344 g/mol. The van der Waals surface area contributed by atoms with Crippen LogP contribution in [0.5, 0.6) is 17.2 Å². The van der Waals surface area contributed by atoms with Crippen LogP contribution in [-0.2, 0) is 10.4 Å². The topological polar surface area (TPSA) is 145 Å². The van der Waals surface area contributed by atoms with E-state index in [1.807, 2.05) is 0 Å². The molecule has 130 valence electrons. The van der Waals surface area contributed by atoms with Crippen molar-refractivity contribution in [3.63, 3.8) is 0 Å². The molecule has 0 fully saturated rings. The maximum Gasteiger partial charge on any atom is 0.246 e. The van der Waals surface area contributed by atoms with E-state index in [4.69, 9.17) is 15.7 Å². The van der Waals surface area contributed by atoms with E-state index in [0.717, 1.165) is 6.07 Å². The molecule has 8 heteroatoms. The van der Waals surface area contributed by atoms with Gasteiger partial charge in [-0.3, -0.25) is 10.0 Å². The number of hydrogen-bond acceptors (Lipinski definition) is 7. The Morgan fingerprint density at radius 1 is 1.24 bits per heavy atom. The zero-order valence-electron chi connectivity index (χ0n) is 12.9. The van der Waals surface area contributed by atoms with Gasteiger partial charge in [-0.05, 0) is 6.07 Å². The van der Waals surface area contributed by atoms with Crippen LogP contribution in [0.15, 0.2) is 42.7 Å². The van der Waals surface area contributed by atoms with Gasteiger partial charge in [0.25, 0.3) is 0 Å². The summed E-state index contributed by atoms with van der Waals surface area (Å²) in [6, 6.07) is 8.82. The van der Waals surface area contributed by atoms with Crippen molar-refractivity contribution in [1.29, 1.82) is 0 Å². The summed E-state index contributed by atoms with van der Waals surface area (Å²) in [6.45, 7) is 0. The molecule has 1 atom stereocenters. The fourth-order valence-corrected chi connectivity index (χ4v) is 2.93. The van der Waals surface area contributed by atoms with Crippen LogP contribution >= 0.6 is 0 Å². The molecule has 1 aliphatic heterocycles. The number of carbonyl (C=O) groups excluding carboxylic acids is 1. The number of para-hydroxylation sites is 1.